The number of benzene rings is 1. The van der Waals surface area contributed by atoms with Crippen LogP contribution >= 0.6 is 0 Å². The zero-order chi connectivity index (χ0) is 19.9. The molecule has 0 atom stereocenters. The Morgan fingerprint density at radius 2 is 1.89 bits per heavy atom. The van der Waals surface area contributed by atoms with Crippen LogP contribution in [0.3, 0.4) is 0 Å². The lowest BCUT2D eigenvalue weighted by Crippen LogP contribution is -2.38. The average molecular weight is 396 g/mol. The average Bonchev–Trinajstić information content (AvgIpc) is 3.26. The van der Waals surface area contributed by atoms with Gasteiger partial charge in [-0.25, -0.2) is 4.39 Å². The number of aromatic nitrogens is 5. The molecule has 1 aliphatic heterocycles. The summed E-state index contributed by atoms with van der Waals surface area (Å²) in [4.78, 5) is 17.8. The molecule has 0 aliphatic carbocycles. The first kappa shape index (κ1) is 18.1. The van der Waals surface area contributed by atoms with Crippen LogP contribution in [0, 0.1) is 5.82 Å². The van der Waals surface area contributed by atoms with Crippen LogP contribution < -0.4 is 0 Å². The van der Waals surface area contributed by atoms with E-state index >= 15 is 0 Å². The fraction of sp³-hybridized carbons (Fsp3) is 0.312. The van der Waals surface area contributed by atoms with Gasteiger partial charge in [0.25, 0.3) is 11.8 Å². The van der Waals surface area contributed by atoms with E-state index in [0.717, 1.165) is 0 Å². The summed E-state index contributed by atoms with van der Waals surface area (Å²) < 4.78 is 56.8. The number of hydrogen-bond donors (Lipinski definition) is 0. The number of carbonyl (C=O) groups is 1. The third-order valence-electron chi connectivity index (χ3n) is 4.15. The van der Waals surface area contributed by atoms with Gasteiger partial charge < -0.3 is 14.0 Å². The molecule has 0 fully saturated rings. The van der Waals surface area contributed by atoms with Gasteiger partial charge in [-0.3, -0.25) is 4.79 Å². The smallest absolute Gasteiger partial charge is 0.330 e. The number of carbonyl (C=O) groups excluding carboxylic acids is 1. The fourth-order valence-corrected chi connectivity index (χ4v) is 2.86. The topological polar surface area (TPSA) is 89.9 Å². The third-order valence-corrected chi connectivity index (χ3v) is 4.15. The molecule has 0 saturated carbocycles. The maximum absolute atomic E-state index is 13.0. The van der Waals surface area contributed by atoms with Crippen molar-refractivity contribution in [3.63, 3.8) is 0 Å². The van der Waals surface area contributed by atoms with Crippen molar-refractivity contribution >= 4 is 5.91 Å². The van der Waals surface area contributed by atoms with Crippen LogP contribution in [0.15, 0.2) is 28.8 Å². The summed E-state index contributed by atoms with van der Waals surface area (Å²) in [6.07, 6.45) is -5.76. The molecule has 4 rings (SSSR count). The van der Waals surface area contributed by atoms with Crippen molar-refractivity contribution < 1.29 is 26.9 Å². The van der Waals surface area contributed by atoms with Crippen molar-refractivity contribution in [2.45, 2.75) is 25.7 Å². The van der Waals surface area contributed by atoms with E-state index in [0.29, 0.717) is 24.5 Å². The SMILES string of the molecule is O=C(c1ccc(F)cc1)N1CCn2c(nnc2-c2nc(CC(F)(F)F)no2)C1. The molecule has 146 valence electrons. The zero-order valence-electron chi connectivity index (χ0n) is 14.1. The minimum Gasteiger partial charge on any atom is -0.330 e. The molecule has 0 bridgehead atoms. The van der Waals surface area contributed by atoms with Gasteiger partial charge in [0, 0.05) is 18.7 Å². The van der Waals surface area contributed by atoms with Crippen molar-refractivity contribution in [2.24, 2.45) is 0 Å². The standard InChI is InChI=1S/C16H12F4N6O2/c17-10-3-1-9(2-4-10)15(27)25-5-6-26-12(8-25)22-23-13(26)14-21-11(24-28-14)7-16(18,19)20/h1-4H,5-8H2. The minimum atomic E-state index is -4.45. The number of rotatable bonds is 3. The Labute approximate surface area is 154 Å². The highest BCUT2D eigenvalue weighted by Gasteiger charge is 2.32. The summed E-state index contributed by atoms with van der Waals surface area (Å²) in [5.74, 6) is -0.831. The van der Waals surface area contributed by atoms with Crippen LogP contribution in [0.5, 0.6) is 0 Å². The summed E-state index contributed by atoms with van der Waals surface area (Å²) in [6, 6.07) is 5.18. The van der Waals surface area contributed by atoms with E-state index in [2.05, 4.69) is 20.3 Å². The predicted molar refractivity (Wildman–Crippen MR) is 84.2 cm³/mol. The molecule has 3 heterocycles. The monoisotopic (exact) mass is 396 g/mol. The van der Waals surface area contributed by atoms with Crippen LogP contribution in [0.1, 0.15) is 22.0 Å². The Bertz CT molecular complexity index is 1010. The van der Waals surface area contributed by atoms with E-state index in [1.807, 2.05) is 0 Å². The van der Waals surface area contributed by atoms with Gasteiger partial charge in [0.15, 0.2) is 11.6 Å². The second kappa shape index (κ2) is 6.69. The van der Waals surface area contributed by atoms with E-state index in [1.165, 1.54) is 29.2 Å². The third kappa shape index (κ3) is 3.57. The van der Waals surface area contributed by atoms with Crippen molar-refractivity contribution in [3.05, 3.63) is 47.3 Å². The highest BCUT2D eigenvalue weighted by Crippen LogP contribution is 2.24. The molecule has 0 spiro atoms. The van der Waals surface area contributed by atoms with Gasteiger partial charge in [-0.15, -0.1) is 10.2 Å². The van der Waals surface area contributed by atoms with Gasteiger partial charge in [-0.1, -0.05) is 5.16 Å². The molecule has 1 aromatic carbocycles. The lowest BCUT2D eigenvalue weighted by atomic mass is 10.2. The molecule has 0 saturated heterocycles. The quantitative estimate of drug-likeness (QED) is 0.631. The maximum atomic E-state index is 13.0. The minimum absolute atomic E-state index is 0.132. The van der Waals surface area contributed by atoms with Gasteiger partial charge in [-0.2, -0.15) is 18.2 Å². The van der Waals surface area contributed by atoms with Crippen LogP contribution in [-0.4, -0.2) is 48.4 Å². The molecule has 12 heteroatoms. The molecular formula is C16H12F4N6O2. The molecule has 0 unspecified atom stereocenters. The summed E-state index contributed by atoms with van der Waals surface area (Å²) >= 11 is 0. The Balaban J connectivity index is 1.52. The molecule has 1 aliphatic rings. The maximum Gasteiger partial charge on any atom is 0.396 e. The van der Waals surface area contributed by atoms with E-state index in [-0.39, 0.29) is 24.2 Å². The lowest BCUT2D eigenvalue weighted by molar-refractivity contribution is -0.128. The molecule has 28 heavy (non-hydrogen) atoms. The van der Waals surface area contributed by atoms with Crippen molar-refractivity contribution in [3.8, 4) is 11.7 Å². The lowest BCUT2D eigenvalue weighted by Gasteiger charge is -2.27. The Morgan fingerprint density at radius 1 is 1.14 bits per heavy atom. The molecule has 3 aromatic rings. The van der Waals surface area contributed by atoms with Crippen molar-refractivity contribution in [2.75, 3.05) is 6.54 Å². The number of halogens is 4. The van der Waals surface area contributed by atoms with Gasteiger partial charge in [0.2, 0.25) is 5.82 Å². The Morgan fingerprint density at radius 3 is 2.61 bits per heavy atom. The number of fused-ring (bicyclic) bond motifs is 1. The highest BCUT2D eigenvalue weighted by molar-refractivity contribution is 5.94. The summed E-state index contributed by atoms with van der Waals surface area (Å²) in [5.41, 5.74) is 0.336. The first-order chi connectivity index (χ1) is 13.3. The molecule has 0 radical (unpaired) electrons. The molecule has 2 aromatic heterocycles. The van der Waals surface area contributed by atoms with E-state index < -0.39 is 24.2 Å². The summed E-state index contributed by atoms with van der Waals surface area (Å²) in [5, 5.41) is 11.2. The highest BCUT2D eigenvalue weighted by atomic mass is 19.4. The first-order valence-corrected chi connectivity index (χ1v) is 8.17. The zero-order valence-corrected chi connectivity index (χ0v) is 14.1. The van der Waals surface area contributed by atoms with Crippen LogP contribution in [0.4, 0.5) is 17.6 Å². The molecule has 1 amide bonds. The second-order valence-corrected chi connectivity index (χ2v) is 6.13. The normalized spacial score (nSPS) is 14.2. The number of amides is 1. The van der Waals surface area contributed by atoms with Crippen molar-refractivity contribution in [1.29, 1.82) is 0 Å². The summed E-state index contributed by atoms with van der Waals surface area (Å²) in [7, 11) is 0. The van der Waals surface area contributed by atoms with Gasteiger partial charge in [0.05, 0.1) is 6.54 Å². The Kier molecular flexibility index (Phi) is 4.32. The predicted octanol–water partition coefficient (Wildman–Crippen LogP) is 2.23. The fourth-order valence-electron chi connectivity index (χ4n) is 2.86. The number of alkyl halides is 3. The largest absolute Gasteiger partial charge is 0.396 e. The van der Waals surface area contributed by atoms with E-state index in [9.17, 15) is 22.4 Å². The van der Waals surface area contributed by atoms with Gasteiger partial charge in [0.1, 0.15) is 12.2 Å². The summed E-state index contributed by atoms with van der Waals surface area (Å²) in [6.45, 7) is 0.728. The van der Waals surface area contributed by atoms with Gasteiger partial charge in [-0.05, 0) is 24.3 Å². The molecular weight excluding hydrogens is 384 g/mol. The van der Waals surface area contributed by atoms with E-state index in [1.54, 1.807) is 4.57 Å². The van der Waals surface area contributed by atoms with Crippen molar-refractivity contribution in [1.82, 2.24) is 29.8 Å². The Hall–Kier alpha value is -3.31. The second-order valence-electron chi connectivity index (χ2n) is 6.13. The van der Waals surface area contributed by atoms with E-state index in [4.69, 9.17) is 4.52 Å². The molecule has 8 nitrogen and oxygen atoms in total. The van der Waals surface area contributed by atoms with Crippen LogP contribution in [0.25, 0.3) is 11.7 Å². The van der Waals surface area contributed by atoms with Gasteiger partial charge >= 0.3 is 6.18 Å². The molecule has 0 N–H and O–H groups in total. The van der Waals surface area contributed by atoms with Crippen LogP contribution in [-0.2, 0) is 19.5 Å². The first-order valence-electron chi connectivity index (χ1n) is 8.17. The number of hydrogen-bond acceptors (Lipinski definition) is 6. The van der Waals surface area contributed by atoms with Crippen LogP contribution in [0.2, 0.25) is 0 Å². The number of nitrogens with zero attached hydrogens (tertiary/aromatic N) is 6.